The zero-order chi connectivity index (χ0) is 21.5. The molecule has 0 bridgehead atoms. The van der Waals surface area contributed by atoms with Crippen LogP contribution in [0, 0.1) is 0 Å². The molecule has 3 amide bonds. The van der Waals surface area contributed by atoms with Crippen molar-refractivity contribution in [3.05, 3.63) is 58.9 Å². The van der Waals surface area contributed by atoms with Gasteiger partial charge in [0.2, 0.25) is 5.91 Å². The topological polar surface area (TPSA) is 88.8 Å². The fourth-order valence-corrected chi connectivity index (χ4v) is 4.11. The summed E-state index contributed by atoms with van der Waals surface area (Å²) in [6.45, 7) is 4.72. The Hall–Kier alpha value is -2.84. The summed E-state index contributed by atoms with van der Waals surface area (Å²) >= 11 is 1.29. The highest BCUT2D eigenvalue weighted by Crippen LogP contribution is 2.38. The largest absolute Gasteiger partial charge is 0.468 e. The highest BCUT2D eigenvalue weighted by Gasteiger charge is 2.38. The molecule has 2 heterocycles. The lowest BCUT2D eigenvalue weighted by Gasteiger charge is -2.15. The average molecular weight is 429 g/mol. The Morgan fingerprint density at radius 2 is 1.93 bits per heavy atom. The minimum atomic E-state index is -0.314. The Balaban J connectivity index is 1.85. The molecule has 0 unspecified atom stereocenters. The summed E-state index contributed by atoms with van der Waals surface area (Å²) < 4.78 is 10.7. The predicted molar refractivity (Wildman–Crippen MR) is 115 cm³/mol. The van der Waals surface area contributed by atoms with E-state index in [1.54, 1.807) is 36.6 Å². The number of hydrogen-bond acceptors (Lipinski definition) is 6. The lowest BCUT2D eigenvalue weighted by Crippen LogP contribution is -2.33. The van der Waals surface area contributed by atoms with Crippen molar-refractivity contribution < 1.29 is 23.5 Å². The molecule has 0 aliphatic carbocycles. The van der Waals surface area contributed by atoms with Crippen molar-refractivity contribution in [2.75, 3.05) is 25.1 Å². The maximum atomic E-state index is 13.1. The summed E-state index contributed by atoms with van der Waals surface area (Å²) in [5.41, 5.74) is 1.64. The molecule has 1 N–H and O–H groups in total. The lowest BCUT2D eigenvalue weighted by atomic mass is 10.1. The van der Waals surface area contributed by atoms with Crippen molar-refractivity contribution in [3.63, 3.8) is 0 Å². The van der Waals surface area contributed by atoms with Gasteiger partial charge in [-0.05, 0) is 43.2 Å². The molecule has 1 aliphatic heterocycles. The highest BCUT2D eigenvalue weighted by atomic mass is 32.2. The normalized spacial score (nSPS) is 14.0. The van der Waals surface area contributed by atoms with Gasteiger partial charge >= 0.3 is 0 Å². The lowest BCUT2D eigenvalue weighted by molar-refractivity contribution is -0.136. The molecule has 0 radical (unpaired) electrons. The molecule has 2 aromatic rings. The second kappa shape index (κ2) is 10.3. The Bertz CT molecular complexity index is 935. The van der Waals surface area contributed by atoms with Crippen LogP contribution in [-0.4, -0.2) is 42.4 Å². The van der Waals surface area contributed by atoms with Crippen molar-refractivity contribution in [2.24, 2.45) is 0 Å². The van der Waals surface area contributed by atoms with E-state index in [4.69, 9.17) is 9.15 Å². The molecule has 0 spiro atoms. The second-order valence-electron chi connectivity index (χ2n) is 6.64. The van der Waals surface area contributed by atoms with E-state index in [0.29, 0.717) is 53.7 Å². The van der Waals surface area contributed by atoms with Crippen LogP contribution in [0.2, 0.25) is 0 Å². The van der Waals surface area contributed by atoms with Crippen LogP contribution in [0.25, 0.3) is 5.57 Å². The first kappa shape index (κ1) is 21.9. The summed E-state index contributed by atoms with van der Waals surface area (Å²) in [6.07, 6.45) is 2.16. The van der Waals surface area contributed by atoms with Gasteiger partial charge in [0.05, 0.1) is 22.5 Å². The molecule has 1 aromatic heterocycles. The first-order valence-electron chi connectivity index (χ1n) is 9.72. The molecule has 8 heteroatoms. The Kier molecular flexibility index (Phi) is 7.48. The van der Waals surface area contributed by atoms with Gasteiger partial charge in [-0.15, -0.1) is 11.8 Å². The van der Waals surface area contributed by atoms with Crippen molar-refractivity contribution >= 4 is 40.7 Å². The van der Waals surface area contributed by atoms with E-state index >= 15 is 0 Å². The van der Waals surface area contributed by atoms with Crippen molar-refractivity contribution in [3.8, 4) is 0 Å². The Morgan fingerprint density at radius 1 is 1.17 bits per heavy atom. The molecule has 7 nitrogen and oxygen atoms in total. The molecule has 0 fully saturated rings. The molecule has 3 rings (SSSR count). The van der Waals surface area contributed by atoms with Crippen LogP contribution in [0.15, 0.2) is 52.0 Å². The van der Waals surface area contributed by atoms with Crippen molar-refractivity contribution in [1.82, 2.24) is 4.90 Å². The van der Waals surface area contributed by atoms with E-state index in [1.807, 2.05) is 13.0 Å². The van der Waals surface area contributed by atoms with Gasteiger partial charge in [-0.3, -0.25) is 19.3 Å². The zero-order valence-corrected chi connectivity index (χ0v) is 17.8. The number of amides is 3. The van der Waals surface area contributed by atoms with Crippen LogP contribution in [0.4, 0.5) is 5.69 Å². The number of ether oxygens (including phenoxy) is 1. The number of nitrogens with zero attached hydrogens (tertiary/aromatic N) is 1. The third-order valence-electron chi connectivity index (χ3n) is 4.43. The van der Waals surface area contributed by atoms with Gasteiger partial charge in [0, 0.05) is 32.4 Å². The van der Waals surface area contributed by atoms with Crippen LogP contribution in [0.5, 0.6) is 0 Å². The minimum absolute atomic E-state index is 0.177. The SMILES string of the molecule is CCOCCCN1C(=O)C(SCc2ccco2)=C(c2ccc(NC(C)=O)cc2)C1=O. The van der Waals surface area contributed by atoms with E-state index < -0.39 is 0 Å². The summed E-state index contributed by atoms with van der Waals surface area (Å²) in [5, 5.41) is 2.70. The van der Waals surface area contributed by atoms with Crippen LogP contribution in [0.1, 0.15) is 31.6 Å². The fourth-order valence-electron chi connectivity index (χ4n) is 3.08. The van der Waals surface area contributed by atoms with Gasteiger partial charge in [0.1, 0.15) is 5.76 Å². The number of carbonyl (C=O) groups is 3. The number of thioether (sulfide) groups is 1. The zero-order valence-electron chi connectivity index (χ0n) is 17.0. The first-order valence-corrected chi connectivity index (χ1v) is 10.7. The van der Waals surface area contributed by atoms with Crippen LogP contribution in [-0.2, 0) is 24.9 Å². The third kappa shape index (κ3) is 5.20. The summed E-state index contributed by atoms with van der Waals surface area (Å²) in [4.78, 5) is 39.1. The molecule has 1 aromatic carbocycles. The average Bonchev–Trinajstić information content (AvgIpc) is 3.31. The monoisotopic (exact) mass is 428 g/mol. The summed E-state index contributed by atoms with van der Waals surface area (Å²) in [5.74, 6) is 0.383. The molecule has 1 aliphatic rings. The first-order chi connectivity index (χ1) is 14.5. The minimum Gasteiger partial charge on any atom is -0.468 e. The Morgan fingerprint density at radius 3 is 2.57 bits per heavy atom. The molecular weight excluding hydrogens is 404 g/mol. The van der Waals surface area contributed by atoms with Crippen LogP contribution < -0.4 is 5.32 Å². The number of anilines is 1. The van der Waals surface area contributed by atoms with E-state index in [-0.39, 0.29) is 17.7 Å². The maximum Gasteiger partial charge on any atom is 0.267 e. The van der Waals surface area contributed by atoms with Crippen molar-refractivity contribution in [1.29, 1.82) is 0 Å². The summed E-state index contributed by atoms with van der Waals surface area (Å²) in [6, 6.07) is 10.5. The quantitative estimate of drug-likeness (QED) is 0.459. The van der Waals surface area contributed by atoms with E-state index in [0.717, 1.165) is 5.76 Å². The van der Waals surface area contributed by atoms with Gasteiger partial charge < -0.3 is 14.5 Å². The van der Waals surface area contributed by atoms with E-state index in [2.05, 4.69) is 5.32 Å². The molecule has 0 saturated heterocycles. The van der Waals surface area contributed by atoms with Gasteiger partial charge in [0.25, 0.3) is 11.8 Å². The Labute approximate surface area is 179 Å². The van der Waals surface area contributed by atoms with Crippen LogP contribution in [0.3, 0.4) is 0 Å². The number of hydrogen-bond donors (Lipinski definition) is 1. The van der Waals surface area contributed by atoms with Gasteiger partial charge in [-0.1, -0.05) is 12.1 Å². The second-order valence-corrected chi connectivity index (χ2v) is 7.63. The van der Waals surface area contributed by atoms with Gasteiger partial charge in [-0.25, -0.2) is 0 Å². The number of imide groups is 1. The standard InChI is InChI=1S/C22H24N2O5S/c1-3-28-12-5-11-24-21(26)19(16-7-9-17(10-8-16)23-15(2)25)20(22(24)27)30-14-18-6-4-13-29-18/h4,6-10,13H,3,5,11-12,14H2,1-2H3,(H,23,25). The molecule has 158 valence electrons. The number of benzene rings is 1. The van der Waals surface area contributed by atoms with E-state index in [9.17, 15) is 14.4 Å². The number of carbonyl (C=O) groups excluding carboxylic acids is 3. The highest BCUT2D eigenvalue weighted by molar-refractivity contribution is 8.03. The molecule has 30 heavy (non-hydrogen) atoms. The van der Waals surface area contributed by atoms with Gasteiger partial charge in [-0.2, -0.15) is 0 Å². The third-order valence-corrected chi connectivity index (χ3v) is 5.53. The van der Waals surface area contributed by atoms with Crippen molar-refractivity contribution in [2.45, 2.75) is 26.0 Å². The van der Waals surface area contributed by atoms with Crippen LogP contribution >= 0.6 is 11.8 Å². The molecule has 0 atom stereocenters. The molecular formula is C22H24N2O5S. The number of rotatable bonds is 10. The predicted octanol–water partition coefficient (Wildman–Crippen LogP) is 3.68. The number of furan rings is 1. The smallest absolute Gasteiger partial charge is 0.267 e. The van der Waals surface area contributed by atoms with Gasteiger partial charge in [0.15, 0.2) is 0 Å². The van der Waals surface area contributed by atoms with E-state index in [1.165, 1.54) is 23.6 Å². The molecule has 0 saturated carbocycles. The fraction of sp³-hybridized carbons (Fsp3) is 0.318. The maximum absolute atomic E-state index is 13.1. The number of nitrogens with one attached hydrogen (secondary N) is 1. The summed E-state index contributed by atoms with van der Waals surface area (Å²) in [7, 11) is 0.